The molecule has 0 aromatic carbocycles. The van der Waals surface area contributed by atoms with Crippen molar-refractivity contribution in [3.63, 3.8) is 0 Å². The Morgan fingerprint density at radius 3 is 2.93 bits per heavy atom. The van der Waals surface area contributed by atoms with E-state index in [1.54, 1.807) is 6.20 Å². The van der Waals surface area contributed by atoms with E-state index < -0.39 is 0 Å². The molecule has 7 heteroatoms. The number of piperazine rings is 1. The minimum atomic E-state index is 0.342. The Balaban J connectivity index is 2.12. The van der Waals surface area contributed by atoms with E-state index in [4.69, 9.17) is 11.6 Å². The first-order chi connectivity index (χ1) is 7.31. The lowest BCUT2D eigenvalue weighted by Crippen LogP contribution is -2.43. The summed E-state index contributed by atoms with van der Waals surface area (Å²) >= 11 is 1.52. The standard InChI is InChI=1S/C8H14N6S/c9-7(13-10)6-5-12-8(15-6)14-3-1-11-2-4-14/h5,11H,1-4,10H2,(H2,9,13). The predicted molar refractivity (Wildman–Crippen MR) is 62.1 cm³/mol. The smallest absolute Gasteiger partial charge is 0.186 e. The topological polar surface area (TPSA) is 92.6 Å². The van der Waals surface area contributed by atoms with Crippen molar-refractivity contribution in [3.8, 4) is 0 Å². The molecule has 2 heterocycles. The number of thiazole rings is 1. The van der Waals surface area contributed by atoms with E-state index in [2.05, 4.69) is 20.3 Å². The Kier molecular flexibility index (Phi) is 3.02. The van der Waals surface area contributed by atoms with Crippen LogP contribution < -0.4 is 21.8 Å². The number of aromatic nitrogens is 1. The van der Waals surface area contributed by atoms with Crippen molar-refractivity contribution in [2.24, 2.45) is 16.7 Å². The lowest BCUT2D eigenvalue weighted by molar-refractivity contribution is 0.588. The first kappa shape index (κ1) is 10.2. The molecule has 1 aliphatic heterocycles. The van der Waals surface area contributed by atoms with Gasteiger partial charge in [0.2, 0.25) is 0 Å². The highest BCUT2D eigenvalue weighted by Gasteiger charge is 2.14. The molecule has 1 fully saturated rings. The summed E-state index contributed by atoms with van der Waals surface area (Å²) in [5.41, 5.74) is 5.60. The zero-order chi connectivity index (χ0) is 10.7. The van der Waals surface area contributed by atoms with Crippen molar-refractivity contribution < 1.29 is 0 Å². The number of hydrazone groups is 1. The molecule has 0 spiro atoms. The van der Waals surface area contributed by atoms with Gasteiger partial charge in [-0.15, -0.1) is 0 Å². The zero-order valence-corrected chi connectivity index (χ0v) is 9.13. The molecule has 0 amide bonds. The number of anilines is 1. The molecule has 1 aromatic heterocycles. The highest BCUT2D eigenvalue weighted by molar-refractivity contribution is 7.17. The summed E-state index contributed by atoms with van der Waals surface area (Å²) in [6.45, 7) is 3.95. The maximum atomic E-state index is 5.60. The molecule has 2 rings (SSSR count). The second kappa shape index (κ2) is 4.45. The van der Waals surface area contributed by atoms with Gasteiger partial charge < -0.3 is 21.8 Å². The Morgan fingerprint density at radius 2 is 2.27 bits per heavy atom. The largest absolute Gasteiger partial charge is 0.381 e. The Morgan fingerprint density at radius 1 is 1.53 bits per heavy atom. The molecule has 0 unspecified atom stereocenters. The van der Waals surface area contributed by atoms with Crippen LogP contribution in [0.5, 0.6) is 0 Å². The first-order valence-electron chi connectivity index (χ1n) is 4.76. The van der Waals surface area contributed by atoms with Crippen LogP contribution in [0.2, 0.25) is 0 Å². The molecule has 0 aliphatic carbocycles. The van der Waals surface area contributed by atoms with Crippen LogP contribution in [0.15, 0.2) is 11.3 Å². The molecule has 0 bridgehead atoms. The molecule has 82 valence electrons. The van der Waals surface area contributed by atoms with Gasteiger partial charge in [0, 0.05) is 26.2 Å². The van der Waals surface area contributed by atoms with Crippen molar-refractivity contribution in [1.82, 2.24) is 10.3 Å². The summed E-state index contributed by atoms with van der Waals surface area (Å²) in [6, 6.07) is 0. The van der Waals surface area contributed by atoms with Gasteiger partial charge in [-0.2, -0.15) is 5.10 Å². The Hall–Kier alpha value is -1.34. The van der Waals surface area contributed by atoms with Gasteiger partial charge in [0.1, 0.15) is 0 Å². The van der Waals surface area contributed by atoms with Gasteiger partial charge in [-0.25, -0.2) is 4.98 Å². The molecule has 6 nitrogen and oxygen atoms in total. The molecule has 1 aromatic rings. The minimum Gasteiger partial charge on any atom is -0.381 e. The van der Waals surface area contributed by atoms with Crippen molar-refractivity contribution in [2.75, 3.05) is 31.1 Å². The molecular formula is C8H14N6S. The maximum absolute atomic E-state index is 5.60. The van der Waals surface area contributed by atoms with E-state index >= 15 is 0 Å². The SMILES string of the molecule is N/N=C(\N)c1cnc(N2CCNCC2)s1. The fourth-order valence-electron chi connectivity index (χ4n) is 1.45. The van der Waals surface area contributed by atoms with Crippen LogP contribution in [0.25, 0.3) is 0 Å². The van der Waals surface area contributed by atoms with Gasteiger partial charge in [-0.3, -0.25) is 0 Å². The highest BCUT2D eigenvalue weighted by atomic mass is 32.1. The molecule has 1 aliphatic rings. The fourth-order valence-corrected chi connectivity index (χ4v) is 2.33. The Bertz CT molecular complexity index is 354. The number of rotatable bonds is 2. The van der Waals surface area contributed by atoms with Crippen molar-refractivity contribution >= 4 is 22.3 Å². The minimum absolute atomic E-state index is 0.342. The molecule has 0 radical (unpaired) electrons. The number of hydrogen-bond donors (Lipinski definition) is 3. The summed E-state index contributed by atoms with van der Waals surface area (Å²) in [7, 11) is 0. The fraction of sp³-hybridized carbons (Fsp3) is 0.500. The van der Waals surface area contributed by atoms with Crippen LogP contribution in [-0.4, -0.2) is 37.0 Å². The lowest BCUT2D eigenvalue weighted by Gasteiger charge is -2.26. The molecular weight excluding hydrogens is 212 g/mol. The van der Waals surface area contributed by atoms with E-state index in [0.29, 0.717) is 5.84 Å². The summed E-state index contributed by atoms with van der Waals surface area (Å²) in [6.07, 6.45) is 1.72. The first-order valence-corrected chi connectivity index (χ1v) is 5.58. The van der Waals surface area contributed by atoms with Crippen LogP contribution in [-0.2, 0) is 0 Å². The Labute approximate surface area is 92.0 Å². The van der Waals surface area contributed by atoms with Crippen molar-refractivity contribution in [2.45, 2.75) is 0 Å². The number of amidine groups is 1. The van der Waals surface area contributed by atoms with E-state index in [9.17, 15) is 0 Å². The third kappa shape index (κ3) is 2.18. The second-order valence-corrected chi connectivity index (χ2v) is 4.27. The number of nitrogens with two attached hydrogens (primary N) is 2. The van der Waals surface area contributed by atoms with Gasteiger partial charge in [0.25, 0.3) is 0 Å². The average molecular weight is 226 g/mol. The second-order valence-electron chi connectivity index (χ2n) is 3.26. The van der Waals surface area contributed by atoms with Gasteiger partial charge in [0.05, 0.1) is 11.1 Å². The summed E-state index contributed by atoms with van der Waals surface area (Å²) in [5, 5.41) is 7.73. The van der Waals surface area contributed by atoms with E-state index in [1.165, 1.54) is 11.3 Å². The number of nitrogens with zero attached hydrogens (tertiary/aromatic N) is 3. The van der Waals surface area contributed by atoms with E-state index in [1.807, 2.05) is 0 Å². The lowest BCUT2D eigenvalue weighted by atomic mass is 10.4. The van der Waals surface area contributed by atoms with Gasteiger partial charge in [-0.1, -0.05) is 11.3 Å². The van der Waals surface area contributed by atoms with Crippen molar-refractivity contribution in [1.29, 1.82) is 0 Å². The predicted octanol–water partition coefficient (Wildman–Crippen LogP) is -0.868. The number of nitrogens with one attached hydrogen (secondary N) is 1. The van der Waals surface area contributed by atoms with Gasteiger partial charge in [-0.05, 0) is 0 Å². The maximum Gasteiger partial charge on any atom is 0.186 e. The van der Waals surface area contributed by atoms with Crippen LogP contribution in [0.3, 0.4) is 0 Å². The molecule has 0 atom stereocenters. The highest BCUT2D eigenvalue weighted by Crippen LogP contribution is 2.22. The van der Waals surface area contributed by atoms with Crippen LogP contribution in [0, 0.1) is 0 Å². The normalized spacial score (nSPS) is 18.1. The summed E-state index contributed by atoms with van der Waals surface area (Å²) < 4.78 is 0. The van der Waals surface area contributed by atoms with E-state index in [-0.39, 0.29) is 0 Å². The van der Waals surface area contributed by atoms with Crippen molar-refractivity contribution in [3.05, 3.63) is 11.1 Å². The van der Waals surface area contributed by atoms with Crippen LogP contribution in [0.4, 0.5) is 5.13 Å². The van der Waals surface area contributed by atoms with Crippen LogP contribution in [0.1, 0.15) is 4.88 Å². The summed E-state index contributed by atoms with van der Waals surface area (Å²) in [5.74, 6) is 5.45. The third-order valence-corrected chi connectivity index (χ3v) is 3.35. The third-order valence-electron chi connectivity index (χ3n) is 2.27. The number of hydrogen-bond acceptors (Lipinski definition) is 6. The van der Waals surface area contributed by atoms with Gasteiger partial charge >= 0.3 is 0 Å². The molecule has 1 saturated heterocycles. The molecule has 5 N–H and O–H groups in total. The zero-order valence-electron chi connectivity index (χ0n) is 8.31. The molecule has 15 heavy (non-hydrogen) atoms. The molecule has 0 saturated carbocycles. The van der Waals surface area contributed by atoms with E-state index in [0.717, 1.165) is 36.2 Å². The quantitative estimate of drug-likeness (QED) is 0.264. The average Bonchev–Trinajstić information content (AvgIpc) is 2.78. The van der Waals surface area contributed by atoms with Gasteiger partial charge in [0.15, 0.2) is 11.0 Å². The monoisotopic (exact) mass is 226 g/mol. The summed E-state index contributed by atoms with van der Waals surface area (Å²) in [4.78, 5) is 7.36. The van der Waals surface area contributed by atoms with Crippen LogP contribution >= 0.6 is 11.3 Å².